The first kappa shape index (κ1) is 13.0. The molecule has 98 valence electrons. The molecule has 6 heteroatoms. The number of imidazole rings is 1. The van der Waals surface area contributed by atoms with Crippen molar-refractivity contribution in [2.75, 3.05) is 29.2 Å². The summed E-state index contributed by atoms with van der Waals surface area (Å²) in [5.74, 6) is 2.74. The van der Waals surface area contributed by atoms with Gasteiger partial charge in [-0.1, -0.05) is 0 Å². The number of nitrogens with zero attached hydrogens (tertiary/aromatic N) is 3. The van der Waals surface area contributed by atoms with Crippen LogP contribution in [0.5, 0.6) is 0 Å². The zero-order valence-electron chi connectivity index (χ0n) is 11.0. The maximum absolute atomic E-state index is 4.57. The highest BCUT2D eigenvalue weighted by atomic mass is 32.2. The van der Waals surface area contributed by atoms with E-state index in [9.17, 15) is 0 Å². The van der Waals surface area contributed by atoms with Crippen molar-refractivity contribution in [3.05, 3.63) is 18.6 Å². The van der Waals surface area contributed by atoms with E-state index < -0.39 is 0 Å². The highest BCUT2D eigenvalue weighted by Crippen LogP contribution is 2.17. The normalized spacial score (nSPS) is 12.6. The highest BCUT2D eigenvalue weighted by molar-refractivity contribution is 7.98. The Balaban J connectivity index is 2.31. The molecule has 0 aliphatic rings. The molecule has 0 bridgehead atoms. The monoisotopic (exact) mass is 265 g/mol. The molecule has 0 saturated heterocycles. The van der Waals surface area contributed by atoms with Crippen molar-refractivity contribution >= 4 is 29.0 Å². The van der Waals surface area contributed by atoms with Crippen LogP contribution in [0.2, 0.25) is 0 Å². The van der Waals surface area contributed by atoms with Crippen LogP contribution < -0.4 is 10.6 Å². The van der Waals surface area contributed by atoms with Crippen LogP contribution in [-0.2, 0) is 0 Å². The first-order chi connectivity index (χ1) is 8.74. The topological polar surface area (TPSA) is 54.2 Å². The molecule has 2 heterocycles. The first-order valence-electron chi connectivity index (χ1n) is 6.07. The highest BCUT2D eigenvalue weighted by Gasteiger charge is 2.09. The molecule has 2 aromatic rings. The van der Waals surface area contributed by atoms with Gasteiger partial charge in [-0.2, -0.15) is 11.8 Å². The Morgan fingerprint density at radius 1 is 1.50 bits per heavy atom. The second kappa shape index (κ2) is 5.95. The fourth-order valence-corrected chi connectivity index (χ4v) is 2.40. The third-order valence-electron chi connectivity index (χ3n) is 2.53. The molecule has 0 amide bonds. The number of hydrogen-bond donors (Lipinski definition) is 2. The molecule has 1 atom stereocenters. The lowest BCUT2D eigenvalue weighted by atomic mass is 10.4. The Labute approximate surface area is 111 Å². The fraction of sp³-hybridized carbons (Fsp3) is 0.500. The number of rotatable bonds is 6. The van der Waals surface area contributed by atoms with Gasteiger partial charge in [0, 0.05) is 30.7 Å². The average Bonchev–Trinajstić information content (AvgIpc) is 2.78. The van der Waals surface area contributed by atoms with Gasteiger partial charge in [0.2, 0.25) is 0 Å². The lowest BCUT2D eigenvalue weighted by molar-refractivity contribution is 0.900. The summed E-state index contributed by atoms with van der Waals surface area (Å²) in [5, 5.41) is 6.65. The number of thioether (sulfide) groups is 1. The fourth-order valence-electron chi connectivity index (χ4n) is 1.82. The van der Waals surface area contributed by atoms with Gasteiger partial charge in [-0.3, -0.25) is 0 Å². The summed E-state index contributed by atoms with van der Waals surface area (Å²) >= 11 is 1.82. The summed E-state index contributed by atoms with van der Waals surface area (Å²) < 4.78 is 1.99. The van der Waals surface area contributed by atoms with Gasteiger partial charge < -0.3 is 15.0 Å². The molecule has 0 aromatic carbocycles. The van der Waals surface area contributed by atoms with Gasteiger partial charge in [-0.05, 0) is 20.1 Å². The van der Waals surface area contributed by atoms with E-state index >= 15 is 0 Å². The molecule has 0 spiro atoms. The molecule has 18 heavy (non-hydrogen) atoms. The van der Waals surface area contributed by atoms with Crippen LogP contribution in [0.1, 0.15) is 13.8 Å². The summed E-state index contributed by atoms with van der Waals surface area (Å²) in [6, 6.07) is 0.366. The van der Waals surface area contributed by atoms with Crippen LogP contribution in [0.3, 0.4) is 0 Å². The van der Waals surface area contributed by atoms with Gasteiger partial charge in [-0.25, -0.2) is 9.97 Å². The third-order valence-corrected chi connectivity index (χ3v) is 3.37. The van der Waals surface area contributed by atoms with Crippen LogP contribution in [0, 0.1) is 0 Å². The molecule has 0 radical (unpaired) electrons. The minimum absolute atomic E-state index is 0.366. The Hall–Kier alpha value is -1.43. The van der Waals surface area contributed by atoms with Crippen molar-refractivity contribution in [3.8, 4) is 0 Å². The van der Waals surface area contributed by atoms with Crippen LogP contribution >= 0.6 is 11.8 Å². The van der Waals surface area contributed by atoms with Crippen LogP contribution in [0.4, 0.5) is 11.6 Å². The number of hydrogen-bond acceptors (Lipinski definition) is 5. The van der Waals surface area contributed by atoms with Crippen LogP contribution in [-0.4, -0.2) is 39.0 Å². The van der Waals surface area contributed by atoms with E-state index in [2.05, 4.69) is 40.7 Å². The predicted octanol–water partition coefficient (Wildman–Crippen LogP) is 2.32. The van der Waals surface area contributed by atoms with Gasteiger partial charge >= 0.3 is 0 Å². The van der Waals surface area contributed by atoms with Gasteiger partial charge in [0.05, 0.1) is 6.20 Å². The van der Waals surface area contributed by atoms with Crippen LogP contribution in [0.25, 0.3) is 5.65 Å². The maximum atomic E-state index is 4.57. The van der Waals surface area contributed by atoms with Gasteiger partial charge in [-0.15, -0.1) is 0 Å². The second-order valence-electron chi connectivity index (χ2n) is 4.16. The molecular weight excluding hydrogens is 246 g/mol. The molecule has 2 aromatic heterocycles. The quantitative estimate of drug-likeness (QED) is 0.839. The van der Waals surface area contributed by atoms with Gasteiger partial charge in [0.1, 0.15) is 5.82 Å². The van der Waals surface area contributed by atoms with Crippen molar-refractivity contribution in [1.82, 2.24) is 14.4 Å². The van der Waals surface area contributed by atoms with E-state index in [1.807, 2.05) is 28.6 Å². The lowest BCUT2D eigenvalue weighted by Crippen LogP contribution is -2.19. The van der Waals surface area contributed by atoms with E-state index in [4.69, 9.17) is 0 Å². The summed E-state index contributed by atoms with van der Waals surface area (Å²) in [5.41, 5.74) is 0.865. The summed E-state index contributed by atoms with van der Waals surface area (Å²) in [7, 11) is 0. The summed E-state index contributed by atoms with van der Waals surface area (Å²) in [6.45, 7) is 5.06. The summed E-state index contributed by atoms with van der Waals surface area (Å²) in [6.07, 6.45) is 7.78. The molecule has 2 N–H and O–H groups in total. The molecule has 0 fully saturated rings. The maximum Gasteiger partial charge on any atom is 0.180 e. The zero-order valence-corrected chi connectivity index (χ0v) is 11.8. The smallest absolute Gasteiger partial charge is 0.180 e. The Morgan fingerprint density at radius 2 is 2.33 bits per heavy atom. The number of anilines is 2. The van der Waals surface area contributed by atoms with Crippen molar-refractivity contribution in [3.63, 3.8) is 0 Å². The zero-order chi connectivity index (χ0) is 13.0. The van der Waals surface area contributed by atoms with E-state index in [1.54, 1.807) is 6.20 Å². The molecule has 2 rings (SSSR count). The number of nitrogens with one attached hydrogen (secondary N) is 2. The van der Waals surface area contributed by atoms with Gasteiger partial charge in [0.15, 0.2) is 11.5 Å². The lowest BCUT2D eigenvalue weighted by Gasteiger charge is -2.15. The SMILES string of the molecule is CCNc1cn2ccnc2c(NC(C)CSC)n1. The molecule has 0 saturated carbocycles. The van der Waals surface area contributed by atoms with Gasteiger partial charge in [0.25, 0.3) is 0 Å². The van der Waals surface area contributed by atoms with Crippen molar-refractivity contribution in [1.29, 1.82) is 0 Å². The number of fused-ring (bicyclic) bond motifs is 1. The van der Waals surface area contributed by atoms with E-state index in [0.29, 0.717) is 6.04 Å². The Morgan fingerprint density at radius 3 is 3.06 bits per heavy atom. The Kier molecular flexibility index (Phi) is 4.30. The van der Waals surface area contributed by atoms with Crippen molar-refractivity contribution in [2.45, 2.75) is 19.9 Å². The van der Waals surface area contributed by atoms with Crippen molar-refractivity contribution < 1.29 is 0 Å². The van der Waals surface area contributed by atoms with Crippen molar-refractivity contribution in [2.24, 2.45) is 0 Å². The molecule has 5 nitrogen and oxygen atoms in total. The number of aromatic nitrogens is 3. The molecule has 1 unspecified atom stereocenters. The van der Waals surface area contributed by atoms with E-state index in [1.165, 1.54) is 0 Å². The minimum atomic E-state index is 0.366. The third kappa shape index (κ3) is 2.87. The molecular formula is C12H19N5S. The largest absolute Gasteiger partial charge is 0.369 e. The van der Waals surface area contributed by atoms with E-state index in [-0.39, 0.29) is 0 Å². The first-order valence-corrected chi connectivity index (χ1v) is 7.47. The minimum Gasteiger partial charge on any atom is -0.369 e. The Bertz CT molecular complexity index is 510. The predicted molar refractivity (Wildman–Crippen MR) is 78.6 cm³/mol. The average molecular weight is 265 g/mol. The van der Waals surface area contributed by atoms with Crippen LogP contribution in [0.15, 0.2) is 18.6 Å². The summed E-state index contributed by atoms with van der Waals surface area (Å²) in [4.78, 5) is 8.91. The molecule has 0 aliphatic heterocycles. The van der Waals surface area contributed by atoms with E-state index in [0.717, 1.165) is 29.6 Å². The standard InChI is InChI=1S/C12H19N5S/c1-4-13-10-7-17-6-5-14-12(17)11(16-10)15-9(2)8-18-3/h5-7,9,13H,4,8H2,1-3H3,(H,15,16). The molecule has 0 aliphatic carbocycles. The second-order valence-corrected chi connectivity index (χ2v) is 5.07.